The van der Waals surface area contributed by atoms with Crippen molar-refractivity contribution in [1.82, 2.24) is 10.6 Å². The molecular weight excluding hydrogens is 562 g/mol. The number of halogens is 2. The molecule has 138 valence electrons. The van der Waals surface area contributed by atoms with Crippen LogP contribution in [0.5, 0.6) is 11.5 Å². The molecule has 0 unspecified atom stereocenters. The number of rotatable bonds is 7. The van der Waals surface area contributed by atoms with Crippen molar-refractivity contribution in [3.63, 3.8) is 0 Å². The second-order valence-corrected chi connectivity index (χ2v) is 7.74. The molecule has 0 aromatic heterocycles. The van der Waals surface area contributed by atoms with Crippen molar-refractivity contribution in [3.8, 4) is 11.5 Å². The molecule has 2 aromatic carbocycles. The first kappa shape index (κ1) is 20.7. The molecule has 2 amide bonds. The number of benzene rings is 2. The smallest absolute Gasteiger partial charge is 0.410 e. The molecule has 8 heteroatoms. The van der Waals surface area contributed by atoms with Gasteiger partial charge in [-0.2, -0.15) is 0 Å². The predicted octanol–water partition coefficient (Wildman–Crippen LogP) is 4.55. The molecule has 2 N–H and O–H groups in total. The van der Waals surface area contributed by atoms with E-state index >= 15 is 0 Å². The number of ether oxygens (including phenoxy) is 2. The van der Waals surface area contributed by atoms with E-state index in [0.29, 0.717) is 37.4 Å². The summed E-state index contributed by atoms with van der Waals surface area (Å²) in [6.07, 6.45) is 0.451. The van der Waals surface area contributed by atoms with Gasteiger partial charge in [0.15, 0.2) is 0 Å². The van der Waals surface area contributed by atoms with Crippen molar-refractivity contribution in [2.45, 2.75) is 12.8 Å². The van der Waals surface area contributed by atoms with E-state index in [4.69, 9.17) is 9.47 Å². The average Bonchev–Trinajstić information content (AvgIpc) is 2.62. The predicted molar refractivity (Wildman–Crippen MR) is 116 cm³/mol. The van der Waals surface area contributed by atoms with Crippen LogP contribution in [0.15, 0.2) is 48.5 Å². The molecular formula is C18H18I2N2O4. The SMILES string of the molecule is O=C(NCCCCNC(=O)Oc1ccc(I)cc1)Oc1ccc(I)cc1. The fourth-order valence-electron chi connectivity index (χ4n) is 1.92. The molecule has 0 bridgehead atoms. The highest BCUT2D eigenvalue weighted by atomic mass is 127. The van der Waals surface area contributed by atoms with Gasteiger partial charge in [0.05, 0.1) is 0 Å². The van der Waals surface area contributed by atoms with Gasteiger partial charge in [-0.3, -0.25) is 0 Å². The molecule has 26 heavy (non-hydrogen) atoms. The Balaban J connectivity index is 1.53. The summed E-state index contributed by atoms with van der Waals surface area (Å²) in [5.74, 6) is 1.01. The first-order chi connectivity index (χ1) is 12.5. The van der Waals surface area contributed by atoms with Crippen molar-refractivity contribution >= 4 is 57.4 Å². The van der Waals surface area contributed by atoms with Gasteiger partial charge in [0.25, 0.3) is 0 Å². The Labute approximate surface area is 179 Å². The number of amides is 2. The van der Waals surface area contributed by atoms with Crippen molar-refractivity contribution in [2.24, 2.45) is 0 Å². The highest BCUT2D eigenvalue weighted by Gasteiger charge is 2.05. The van der Waals surface area contributed by atoms with Gasteiger partial charge in [0.2, 0.25) is 0 Å². The number of hydrogen-bond donors (Lipinski definition) is 2. The van der Waals surface area contributed by atoms with E-state index in [-0.39, 0.29) is 0 Å². The van der Waals surface area contributed by atoms with Crippen LogP contribution in [-0.4, -0.2) is 25.3 Å². The maximum Gasteiger partial charge on any atom is 0.412 e. The van der Waals surface area contributed by atoms with Gasteiger partial charge >= 0.3 is 12.2 Å². The third-order valence-corrected chi connectivity index (χ3v) is 4.63. The van der Waals surface area contributed by atoms with Crippen LogP contribution < -0.4 is 20.1 Å². The van der Waals surface area contributed by atoms with E-state index in [1.807, 2.05) is 24.3 Å². The van der Waals surface area contributed by atoms with Crippen LogP contribution in [0.2, 0.25) is 0 Å². The number of carbonyl (C=O) groups is 2. The van der Waals surface area contributed by atoms with Crippen LogP contribution in [0.3, 0.4) is 0 Å². The molecule has 0 saturated heterocycles. The van der Waals surface area contributed by atoms with Crippen molar-refractivity contribution in [3.05, 3.63) is 55.7 Å². The Morgan fingerprint density at radius 3 is 1.38 bits per heavy atom. The summed E-state index contributed by atoms with van der Waals surface area (Å²) in [6.45, 7) is 0.939. The fraction of sp³-hybridized carbons (Fsp3) is 0.222. The lowest BCUT2D eigenvalue weighted by Gasteiger charge is -2.08. The Morgan fingerprint density at radius 1 is 0.692 bits per heavy atom. The van der Waals surface area contributed by atoms with Crippen molar-refractivity contribution in [2.75, 3.05) is 13.1 Å². The summed E-state index contributed by atoms with van der Waals surface area (Å²) in [7, 11) is 0. The molecule has 2 rings (SSSR count). The van der Waals surface area contributed by atoms with Crippen LogP contribution >= 0.6 is 45.2 Å². The highest BCUT2D eigenvalue weighted by molar-refractivity contribution is 14.1. The van der Waals surface area contributed by atoms with Gasteiger partial charge in [-0.05, 0) is 107 Å². The van der Waals surface area contributed by atoms with Crippen LogP contribution in [-0.2, 0) is 0 Å². The van der Waals surface area contributed by atoms with E-state index in [1.165, 1.54) is 0 Å². The van der Waals surface area contributed by atoms with Gasteiger partial charge < -0.3 is 20.1 Å². The second-order valence-electron chi connectivity index (χ2n) is 5.25. The zero-order chi connectivity index (χ0) is 18.8. The van der Waals surface area contributed by atoms with Crippen LogP contribution in [0.25, 0.3) is 0 Å². The average molecular weight is 580 g/mol. The Kier molecular flexibility index (Phi) is 8.95. The van der Waals surface area contributed by atoms with E-state index in [0.717, 1.165) is 7.14 Å². The van der Waals surface area contributed by atoms with E-state index in [9.17, 15) is 9.59 Å². The third kappa shape index (κ3) is 8.21. The Hall–Kier alpha value is -1.56. The number of nitrogens with one attached hydrogen (secondary N) is 2. The van der Waals surface area contributed by atoms with Gasteiger partial charge in [0, 0.05) is 20.2 Å². The standard InChI is InChI=1S/C18H18I2N2O4/c19-13-3-7-15(8-4-13)25-17(23)21-11-1-2-12-22-18(24)26-16-9-5-14(20)6-10-16/h3-10H,1-2,11-12H2,(H,21,23)(H,22,24). The molecule has 6 nitrogen and oxygen atoms in total. The fourth-order valence-corrected chi connectivity index (χ4v) is 2.64. The number of unbranched alkanes of at least 4 members (excludes halogenated alkanes) is 1. The molecule has 0 atom stereocenters. The zero-order valence-corrected chi connectivity index (χ0v) is 18.2. The molecule has 0 fully saturated rings. The minimum atomic E-state index is -0.489. The van der Waals surface area contributed by atoms with Crippen LogP contribution in [0.1, 0.15) is 12.8 Å². The van der Waals surface area contributed by atoms with E-state index in [1.54, 1.807) is 24.3 Å². The molecule has 0 aliphatic carbocycles. The molecule has 0 aliphatic rings. The largest absolute Gasteiger partial charge is 0.412 e. The minimum absolute atomic E-state index is 0.469. The lowest BCUT2D eigenvalue weighted by molar-refractivity contribution is 0.198. The second kappa shape index (κ2) is 11.2. The van der Waals surface area contributed by atoms with E-state index < -0.39 is 12.2 Å². The number of carbonyl (C=O) groups excluding carboxylic acids is 2. The highest BCUT2D eigenvalue weighted by Crippen LogP contribution is 2.14. The summed E-state index contributed by atoms with van der Waals surface area (Å²) in [6, 6.07) is 14.4. The minimum Gasteiger partial charge on any atom is -0.410 e. The topological polar surface area (TPSA) is 76.7 Å². The third-order valence-electron chi connectivity index (χ3n) is 3.19. The molecule has 0 aliphatic heterocycles. The lowest BCUT2D eigenvalue weighted by Crippen LogP contribution is -2.30. The summed E-state index contributed by atoms with van der Waals surface area (Å²) in [4.78, 5) is 23.3. The lowest BCUT2D eigenvalue weighted by atomic mass is 10.3. The summed E-state index contributed by atoms with van der Waals surface area (Å²) < 4.78 is 12.4. The Bertz CT molecular complexity index is 657. The maximum absolute atomic E-state index is 11.6. The quantitative estimate of drug-likeness (QED) is 0.373. The molecule has 0 radical (unpaired) electrons. The first-order valence-corrected chi connectivity index (χ1v) is 10.1. The first-order valence-electron chi connectivity index (χ1n) is 7.95. The molecule has 0 saturated carbocycles. The summed E-state index contributed by atoms with van der Waals surface area (Å²) in [5.41, 5.74) is 0. The molecule has 0 spiro atoms. The van der Waals surface area contributed by atoms with Gasteiger partial charge in [0.1, 0.15) is 11.5 Å². The van der Waals surface area contributed by atoms with Crippen LogP contribution in [0.4, 0.5) is 9.59 Å². The van der Waals surface area contributed by atoms with Gasteiger partial charge in [-0.25, -0.2) is 9.59 Å². The van der Waals surface area contributed by atoms with E-state index in [2.05, 4.69) is 55.8 Å². The zero-order valence-electron chi connectivity index (χ0n) is 13.8. The van der Waals surface area contributed by atoms with Gasteiger partial charge in [-0.1, -0.05) is 0 Å². The van der Waals surface area contributed by atoms with Gasteiger partial charge in [-0.15, -0.1) is 0 Å². The maximum atomic E-state index is 11.6. The monoisotopic (exact) mass is 580 g/mol. The summed E-state index contributed by atoms with van der Waals surface area (Å²) in [5, 5.41) is 5.34. The number of hydrogen-bond acceptors (Lipinski definition) is 4. The van der Waals surface area contributed by atoms with Crippen LogP contribution in [0, 0.1) is 7.14 Å². The van der Waals surface area contributed by atoms with Crippen molar-refractivity contribution < 1.29 is 19.1 Å². The molecule has 2 aromatic rings. The van der Waals surface area contributed by atoms with Crippen molar-refractivity contribution in [1.29, 1.82) is 0 Å². The normalized spacial score (nSPS) is 10.1. The molecule has 0 heterocycles. The Morgan fingerprint density at radius 2 is 1.04 bits per heavy atom. The summed E-state index contributed by atoms with van der Waals surface area (Å²) >= 11 is 4.36.